The van der Waals surface area contributed by atoms with Gasteiger partial charge in [0.05, 0.1) is 7.11 Å². The fourth-order valence-corrected chi connectivity index (χ4v) is 3.38. The molecule has 0 aromatic carbocycles. The minimum atomic E-state index is -0.224. The van der Waals surface area contributed by atoms with E-state index in [0.29, 0.717) is 6.54 Å². The summed E-state index contributed by atoms with van der Waals surface area (Å²) in [7, 11) is 1.42. The second-order valence-corrected chi connectivity index (χ2v) is 5.95. The third kappa shape index (κ3) is 2.64. The molecule has 1 aromatic heterocycles. The average Bonchev–Trinajstić information content (AvgIpc) is 2.75. The van der Waals surface area contributed by atoms with E-state index in [1.807, 2.05) is 11.3 Å². The zero-order valence-corrected chi connectivity index (χ0v) is 11.5. The minimum absolute atomic E-state index is 0.198. The number of carbonyl (C=O) groups excluding carboxylic acids is 1. The molecule has 0 radical (unpaired) electrons. The van der Waals surface area contributed by atoms with Crippen molar-refractivity contribution in [2.75, 3.05) is 20.2 Å². The quantitative estimate of drug-likeness (QED) is 0.632. The molecule has 0 spiro atoms. The van der Waals surface area contributed by atoms with E-state index in [4.69, 9.17) is 4.74 Å². The SMILES string of the molecule is COC(=O)C(Br)CN1CCc2sccc2C1. The van der Waals surface area contributed by atoms with Gasteiger partial charge >= 0.3 is 5.97 Å². The van der Waals surface area contributed by atoms with Crippen molar-refractivity contribution in [3.8, 4) is 0 Å². The zero-order valence-electron chi connectivity index (χ0n) is 9.11. The molecule has 3 nitrogen and oxygen atoms in total. The molecule has 0 bridgehead atoms. The lowest BCUT2D eigenvalue weighted by molar-refractivity contribution is -0.140. The molecule has 1 atom stereocenters. The molecule has 1 unspecified atom stereocenters. The highest BCUT2D eigenvalue weighted by Gasteiger charge is 2.23. The number of nitrogens with zero attached hydrogens (tertiary/aromatic N) is 1. The molecule has 1 aliphatic heterocycles. The lowest BCUT2D eigenvalue weighted by Gasteiger charge is -2.27. The predicted octanol–water partition coefficient (Wildman–Crippen LogP) is 2.04. The van der Waals surface area contributed by atoms with Crippen LogP contribution in [0, 0.1) is 0 Å². The van der Waals surface area contributed by atoms with E-state index in [1.54, 1.807) is 0 Å². The largest absolute Gasteiger partial charge is 0.468 e. The third-order valence-electron chi connectivity index (χ3n) is 2.76. The van der Waals surface area contributed by atoms with Crippen LogP contribution in [0.2, 0.25) is 0 Å². The van der Waals surface area contributed by atoms with E-state index in [0.717, 1.165) is 19.5 Å². The summed E-state index contributed by atoms with van der Waals surface area (Å²) in [5.41, 5.74) is 1.40. The highest BCUT2D eigenvalue weighted by atomic mass is 79.9. The van der Waals surface area contributed by atoms with Crippen LogP contribution in [-0.2, 0) is 22.5 Å². The molecule has 1 aliphatic rings. The van der Waals surface area contributed by atoms with Gasteiger partial charge in [0.1, 0.15) is 4.83 Å². The number of ether oxygens (including phenoxy) is 1. The Kier molecular flexibility index (Phi) is 4.00. The fraction of sp³-hybridized carbons (Fsp3) is 0.545. The number of methoxy groups -OCH3 is 1. The van der Waals surface area contributed by atoms with Crippen molar-refractivity contribution in [3.05, 3.63) is 21.9 Å². The van der Waals surface area contributed by atoms with Crippen molar-refractivity contribution in [2.24, 2.45) is 0 Å². The topological polar surface area (TPSA) is 29.5 Å². The van der Waals surface area contributed by atoms with Gasteiger partial charge in [0.2, 0.25) is 0 Å². The Morgan fingerprint density at radius 1 is 1.75 bits per heavy atom. The molecular weight excluding hydrogens is 290 g/mol. The van der Waals surface area contributed by atoms with Crippen LogP contribution >= 0.6 is 27.3 Å². The zero-order chi connectivity index (χ0) is 11.5. The van der Waals surface area contributed by atoms with Gasteiger partial charge in [-0.1, -0.05) is 15.9 Å². The molecule has 2 rings (SSSR count). The minimum Gasteiger partial charge on any atom is -0.468 e. The average molecular weight is 304 g/mol. The number of hydrogen-bond donors (Lipinski definition) is 0. The summed E-state index contributed by atoms with van der Waals surface area (Å²) in [6, 6.07) is 2.17. The molecule has 0 saturated carbocycles. The Bertz CT molecular complexity index is 380. The molecule has 16 heavy (non-hydrogen) atoms. The van der Waals surface area contributed by atoms with Gasteiger partial charge in [-0.15, -0.1) is 11.3 Å². The van der Waals surface area contributed by atoms with E-state index in [1.165, 1.54) is 17.6 Å². The lowest BCUT2D eigenvalue weighted by atomic mass is 10.1. The van der Waals surface area contributed by atoms with E-state index in [9.17, 15) is 4.79 Å². The third-order valence-corrected chi connectivity index (χ3v) is 4.45. The highest BCUT2D eigenvalue weighted by molar-refractivity contribution is 9.10. The standard InChI is InChI=1S/C11H14BrNO2S/c1-15-11(14)9(12)7-13-4-2-10-8(6-13)3-5-16-10/h3,5,9H,2,4,6-7H2,1H3. The van der Waals surface area contributed by atoms with Gasteiger partial charge in [-0.3, -0.25) is 9.69 Å². The Labute approximate surface area is 108 Å². The molecular formula is C11H14BrNO2S. The molecule has 88 valence electrons. The first-order valence-corrected chi connectivity index (χ1v) is 6.99. The molecule has 1 aromatic rings. The maximum atomic E-state index is 11.3. The number of halogens is 1. The smallest absolute Gasteiger partial charge is 0.320 e. The van der Waals surface area contributed by atoms with Crippen LogP contribution in [0.3, 0.4) is 0 Å². The molecule has 0 saturated heterocycles. The molecule has 0 N–H and O–H groups in total. The van der Waals surface area contributed by atoms with Crippen LogP contribution in [-0.4, -0.2) is 35.9 Å². The highest BCUT2D eigenvalue weighted by Crippen LogP contribution is 2.24. The summed E-state index contributed by atoms with van der Waals surface area (Å²) in [5.74, 6) is -0.198. The monoisotopic (exact) mass is 303 g/mol. The van der Waals surface area contributed by atoms with Crippen LogP contribution in [0.1, 0.15) is 10.4 Å². The first-order chi connectivity index (χ1) is 7.70. The van der Waals surface area contributed by atoms with E-state index in [-0.39, 0.29) is 10.8 Å². The Morgan fingerprint density at radius 3 is 3.31 bits per heavy atom. The number of esters is 1. The van der Waals surface area contributed by atoms with Crippen LogP contribution < -0.4 is 0 Å². The number of alkyl halides is 1. The number of fused-ring (bicyclic) bond motifs is 1. The Hall–Kier alpha value is -0.390. The van der Waals surface area contributed by atoms with Gasteiger partial charge in [-0.25, -0.2) is 0 Å². The fourth-order valence-electron chi connectivity index (χ4n) is 1.89. The summed E-state index contributed by atoms with van der Waals surface area (Å²) in [6.07, 6.45) is 1.09. The van der Waals surface area contributed by atoms with E-state index < -0.39 is 0 Å². The van der Waals surface area contributed by atoms with Crippen molar-refractivity contribution in [3.63, 3.8) is 0 Å². The second-order valence-electron chi connectivity index (χ2n) is 3.84. The van der Waals surface area contributed by atoms with Gasteiger partial charge in [-0.2, -0.15) is 0 Å². The first kappa shape index (κ1) is 12.1. The maximum Gasteiger partial charge on any atom is 0.320 e. The van der Waals surface area contributed by atoms with Gasteiger partial charge < -0.3 is 4.74 Å². The molecule has 0 aliphatic carbocycles. The van der Waals surface area contributed by atoms with Crippen LogP contribution in [0.4, 0.5) is 0 Å². The summed E-state index contributed by atoms with van der Waals surface area (Å²) in [5, 5.41) is 2.14. The van der Waals surface area contributed by atoms with Gasteiger partial charge in [-0.05, 0) is 23.4 Å². The Morgan fingerprint density at radius 2 is 2.56 bits per heavy atom. The van der Waals surface area contributed by atoms with E-state index in [2.05, 4.69) is 32.3 Å². The van der Waals surface area contributed by atoms with Gasteiger partial charge in [0, 0.05) is 24.5 Å². The summed E-state index contributed by atoms with van der Waals surface area (Å²) in [6.45, 7) is 2.67. The molecule has 5 heteroatoms. The van der Waals surface area contributed by atoms with Crippen molar-refractivity contribution in [1.82, 2.24) is 4.90 Å². The summed E-state index contributed by atoms with van der Waals surface area (Å²) >= 11 is 5.18. The number of thiophene rings is 1. The van der Waals surface area contributed by atoms with Gasteiger partial charge in [0.25, 0.3) is 0 Å². The van der Waals surface area contributed by atoms with Crippen LogP contribution in [0.25, 0.3) is 0 Å². The molecule has 0 fully saturated rings. The van der Waals surface area contributed by atoms with Crippen LogP contribution in [0.5, 0.6) is 0 Å². The molecule has 2 heterocycles. The van der Waals surface area contributed by atoms with E-state index >= 15 is 0 Å². The van der Waals surface area contributed by atoms with Crippen molar-refractivity contribution in [2.45, 2.75) is 17.8 Å². The summed E-state index contributed by atoms with van der Waals surface area (Å²) < 4.78 is 4.70. The number of rotatable bonds is 3. The van der Waals surface area contributed by atoms with Crippen molar-refractivity contribution < 1.29 is 9.53 Å². The normalized spacial score (nSPS) is 17.9. The van der Waals surface area contributed by atoms with Crippen molar-refractivity contribution in [1.29, 1.82) is 0 Å². The number of hydrogen-bond acceptors (Lipinski definition) is 4. The number of carbonyl (C=O) groups is 1. The maximum absolute atomic E-state index is 11.3. The predicted molar refractivity (Wildman–Crippen MR) is 68.0 cm³/mol. The second kappa shape index (κ2) is 5.29. The van der Waals surface area contributed by atoms with Crippen LogP contribution in [0.15, 0.2) is 11.4 Å². The van der Waals surface area contributed by atoms with Gasteiger partial charge in [0.15, 0.2) is 0 Å². The summed E-state index contributed by atoms with van der Waals surface area (Å²) in [4.78, 5) is 14.8. The Balaban J connectivity index is 1.92. The first-order valence-electron chi connectivity index (χ1n) is 5.20. The molecule has 0 amide bonds. The lowest BCUT2D eigenvalue weighted by Crippen LogP contribution is -2.37. The van der Waals surface area contributed by atoms with Crippen molar-refractivity contribution >= 4 is 33.2 Å².